The predicted molar refractivity (Wildman–Crippen MR) is 56.1 cm³/mol. The lowest BCUT2D eigenvalue weighted by atomic mass is 10.2. The standard InChI is InChI=1S/C10H14N4O/c1-7-4-5-14(6-7)10(15)8-2-3-9(11)13-12-8/h2-3,7H,4-6H2,1H3,(H2,11,13). The van der Waals surface area contributed by atoms with Gasteiger partial charge in [0.15, 0.2) is 5.69 Å². The average Bonchev–Trinajstić information content (AvgIpc) is 2.65. The molecule has 80 valence electrons. The van der Waals surface area contributed by atoms with Crippen LogP contribution in [0.4, 0.5) is 5.82 Å². The Morgan fingerprint density at radius 3 is 2.87 bits per heavy atom. The number of anilines is 1. The van der Waals surface area contributed by atoms with Gasteiger partial charge in [0.1, 0.15) is 5.82 Å². The molecule has 2 N–H and O–H groups in total. The Morgan fingerprint density at radius 2 is 2.33 bits per heavy atom. The summed E-state index contributed by atoms with van der Waals surface area (Å²) in [5.41, 5.74) is 5.78. The first kappa shape index (κ1) is 9.89. The third-order valence-corrected chi connectivity index (χ3v) is 2.62. The van der Waals surface area contributed by atoms with Gasteiger partial charge in [0.2, 0.25) is 0 Å². The molecule has 1 unspecified atom stereocenters. The van der Waals surface area contributed by atoms with Crippen molar-refractivity contribution in [3.8, 4) is 0 Å². The quantitative estimate of drug-likeness (QED) is 0.728. The molecule has 0 spiro atoms. The minimum absolute atomic E-state index is 0.0492. The van der Waals surface area contributed by atoms with Crippen LogP contribution >= 0.6 is 0 Å². The SMILES string of the molecule is CC1CCN(C(=O)c2ccc(N)nn2)C1. The van der Waals surface area contributed by atoms with Crippen molar-refractivity contribution in [3.05, 3.63) is 17.8 Å². The molecule has 5 heteroatoms. The second kappa shape index (κ2) is 3.84. The predicted octanol–water partition coefficient (Wildman–Crippen LogP) is 0.541. The largest absolute Gasteiger partial charge is 0.382 e. The number of amides is 1. The molecule has 15 heavy (non-hydrogen) atoms. The number of nitrogens with two attached hydrogens (primary N) is 1. The van der Waals surface area contributed by atoms with Crippen LogP contribution in [0.3, 0.4) is 0 Å². The molecule has 0 aromatic carbocycles. The van der Waals surface area contributed by atoms with Gasteiger partial charge in [-0.1, -0.05) is 6.92 Å². The maximum Gasteiger partial charge on any atom is 0.274 e. The van der Waals surface area contributed by atoms with E-state index in [1.54, 1.807) is 12.1 Å². The highest BCUT2D eigenvalue weighted by molar-refractivity contribution is 5.92. The van der Waals surface area contributed by atoms with Gasteiger partial charge in [-0.3, -0.25) is 4.79 Å². The van der Waals surface area contributed by atoms with Gasteiger partial charge in [-0.2, -0.15) is 0 Å². The molecule has 1 atom stereocenters. The number of hydrogen-bond donors (Lipinski definition) is 1. The topological polar surface area (TPSA) is 72.1 Å². The van der Waals surface area contributed by atoms with Crippen LogP contribution in [0.5, 0.6) is 0 Å². The fourth-order valence-electron chi connectivity index (χ4n) is 1.74. The summed E-state index contributed by atoms with van der Waals surface area (Å²) >= 11 is 0. The van der Waals surface area contributed by atoms with Gasteiger partial charge in [-0.05, 0) is 24.5 Å². The van der Waals surface area contributed by atoms with Crippen molar-refractivity contribution in [1.82, 2.24) is 15.1 Å². The average molecular weight is 206 g/mol. The van der Waals surface area contributed by atoms with Crippen molar-refractivity contribution in [2.75, 3.05) is 18.8 Å². The smallest absolute Gasteiger partial charge is 0.274 e. The van der Waals surface area contributed by atoms with E-state index in [-0.39, 0.29) is 5.91 Å². The lowest BCUT2D eigenvalue weighted by Crippen LogP contribution is -2.29. The molecule has 5 nitrogen and oxygen atoms in total. The van der Waals surface area contributed by atoms with Crippen LogP contribution in [-0.2, 0) is 0 Å². The van der Waals surface area contributed by atoms with Crippen molar-refractivity contribution < 1.29 is 4.79 Å². The highest BCUT2D eigenvalue weighted by Gasteiger charge is 2.24. The first-order chi connectivity index (χ1) is 7.16. The summed E-state index contributed by atoms with van der Waals surface area (Å²) in [6.07, 6.45) is 1.06. The van der Waals surface area contributed by atoms with E-state index in [0.717, 1.165) is 19.5 Å². The third kappa shape index (κ3) is 2.06. The van der Waals surface area contributed by atoms with Crippen molar-refractivity contribution in [3.63, 3.8) is 0 Å². The van der Waals surface area contributed by atoms with E-state index in [9.17, 15) is 4.79 Å². The lowest BCUT2D eigenvalue weighted by molar-refractivity contribution is 0.0781. The maximum absolute atomic E-state index is 11.9. The summed E-state index contributed by atoms with van der Waals surface area (Å²) in [4.78, 5) is 13.7. The highest BCUT2D eigenvalue weighted by atomic mass is 16.2. The monoisotopic (exact) mass is 206 g/mol. The molecule has 1 aliphatic heterocycles. The van der Waals surface area contributed by atoms with Gasteiger partial charge < -0.3 is 10.6 Å². The highest BCUT2D eigenvalue weighted by Crippen LogP contribution is 2.16. The van der Waals surface area contributed by atoms with E-state index >= 15 is 0 Å². The zero-order chi connectivity index (χ0) is 10.8. The number of nitrogen functional groups attached to an aromatic ring is 1. The summed E-state index contributed by atoms with van der Waals surface area (Å²) in [5.74, 6) is 0.865. The fraction of sp³-hybridized carbons (Fsp3) is 0.500. The van der Waals surface area contributed by atoms with Gasteiger partial charge in [0, 0.05) is 13.1 Å². The van der Waals surface area contributed by atoms with E-state index in [1.165, 1.54) is 0 Å². The zero-order valence-corrected chi connectivity index (χ0v) is 8.68. The molecule has 0 radical (unpaired) electrons. The fourth-order valence-corrected chi connectivity index (χ4v) is 1.74. The van der Waals surface area contributed by atoms with E-state index in [1.807, 2.05) is 4.90 Å². The van der Waals surface area contributed by atoms with Crippen LogP contribution in [-0.4, -0.2) is 34.1 Å². The van der Waals surface area contributed by atoms with Crippen LogP contribution in [0, 0.1) is 5.92 Å². The number of rotatable bonds is 1. The number of carbonyl (C=O) groups excluding carboxylic acids is 1. The molecular formula is C10H14N4O. The molecule has 1 amide bonds. The number of hydrogen-bond acceptors (Lipinski definition) is 4. The van der Waals surface area contributed by atoms with Crippen molar-refractivity contribution in [2.45, 2.75) is 13.3 Å². The number of carbonyl (C=O) groups is 1. The molecule has 1 fully saturated rings. The summed E-state index contributed by atoms with van der Waals surface area (Å²) in [6, 6.07) is 3.22. The zero-order valence-electron chi connectivity index (χ0n) is 8.68. The summed E-state index contributed by atoms with van der Waals surface area (Å²) < 4.78 is 0. The molecule has 1 aromatic heterocycles. The number of likely N-dealkylation sites (tertiary alicyclic amines) is 1. The van der Waals surface area contributed by atoms with Gasteiger partial charge in [0.25, 0.3) is 5.91 Å². The Kier molecular flexibility index (Phi) is 2.53. The maximum atomic E-state index is 11.9. The Bertz CT molecular complexity index is 362. The van der Waals surface area contributed by atoms with Gasteiger partial charge in [-0.25, -0.2) is 0 Å². The van der Waals surface area contributed by atoms with Gasteiger partial charge >= 0.3 is 0 Å². The second-order valence-corrected chi connectivity index (χ2v) is 3.99. The number of aromatic nitrogens is 2. The Labute approximate surface area is 88.3 Å². The molecule has 1 aromatic rings. The summed E-state index contributed by atoms with van der Waals surface area (Å²) in [6.45, 7) is 3.76. The molecule has 2 rings (SSSR count). The third-order valence-electron chi connectivity index (χ3n) is 2.62. The van der Waals surface area contributed by atoms with Crippen LogP contribution in [0.2, 0.25) is 0 Å². The molecule has 0 aliphatic carbocycles. The summed E-state index contributed by atoms with van der Waals surface area (Å²) in [5, 5.41) is 7.45. The van der Waals surface area contributed by atoms with Crippen LogP contribution in [0.25, 0.3) is 0 Å². The molecule has 1 saturated heterocycles. The van der Waals surface area contributed by atoms with E-state index < -0.39 is 0 Å². The van der Waals surface area contributed by atoms with Crippen LogP contribution < -0.4 is 5.73 Å². The Morgan fingerprint density at radius 1 is 1.53 bits per heavy atom. The Balaban J connectivity index is 2.11. The van der Waals surface area contributed by atoms with Crippen LogP contribution in [0.15, 0.2) is 12.1 Å². The normalized spacial score (nSPS) is 20.6. The van der Waals surface area contributed by atoms with Crippen LogP contribution in [0.1, 0.15) is 23.8 Å². The molecule has 2 heterocycles. The lowest BCUT2D eigenvalue weighted by Gasteiger charge is -2.14. The van der Waals surface area contributed by atoms with Gasteiger partial charge in [0.05, 0.1) is 0 Å². The first-order valence-electron chi connectivity index (χ1n) is 5.05. The minimum atomic E-state index is -0.0492. The van der Waals surface area contributed by atoms with Crippen molar-refractivity contribution in [1.29, 1.82) is 0 Å². The van der Waals surface area contributed by atoms with E-state index in [4.69, 9.17) is 5.73 Å². The first-order valence-corrected chi connectivity index (χ1v) is 5.05. The summed E-state index contributed by atoms with van der Waals surface area (Å²) in [7, 11) is 0. The number of nitrogens with zero attached hydrogens (tertiary/aromatic N) is 3. The second-order valence-electron chi connectivity index (χ2n) is 3.99. The van der Waals surface area contributed by atoms with E-state index in [2.05, 4.69) is 17.1 Å². The van der Waals surface area contributed by atoms with Gasteiger partial charge in [-0.15, -0.1) is 10.2 Å². The Hall–Kier alpha value is -1.65. The molecule has 1 aliphatic rings. The molecule has 0 saturated carbocycles. The van der Waals surface area contributed by atoms with Crippen molar-refractivity contribution in [2.24, 2.45) is 5.92 Å². The van der Waals surface area contributed by atoms with Crippen molar-refractivity contribution >= 4 is 11.7 Å². The minimum Gasteiger partial charge on any atom is -0.382 e. The van der Waals surface area contributed by atoms with E-state index in [0.29, 0.717) is 17.4 Å². The molecular weight excluding hydrogens is 192 g/mol. The molecule has 0 bridgehead atoms.